The van der Waals surface area contributed by atoms with Crippen molar-refractivity contribution in [2.24, 2.45) is 0 Å². The SMILES string of the molecule is COC(=O)C(=O)c1scc(C)c1Oc1ccccc1. The van der Waals surface area contributed by atoms with Crippen LogP contribution in [0, 0.1) is 6.92 Å². The minimum absolute atomic E-state index is 0.258. The topological polar surface area (TPSA) is 52.6 Å². The minimum atomic E-state index is -0.889. The molecule has 0 radical (unpaired) electrons. The molecule has 1 aromatic carbocycles. The van der Waals surface area contributed by atoms with E-state index in [4.69, 9.17) is 4.74 Å². The Labute approximate surface area is 114 Å². The fraction of sp³-hybridized carbons (Fsp3) is 0.143. The summed E-state index contributed by atoms with van der Waals surface area (Å²) in [6.07, 6.45) is 0. The Bertz CT molecular complexity index is 601. The molecule has 2 aromatic rings. The fourth-order valence-electron chi connectivity index (χ4n) is 1.51. The number of Topliss-reactive ketones (excluding diaryl/α,β-unsaturated/α-hetero) is 1. The lowest BCUT2D eigenvalue weighted by Gasteiger charge is -2.07. The molecule has 0 spiro atoms. The lowest BCUT2D eigenvalue weighted by atomic mass is 10.2. The summed E-state index contributed by atoms with van der Waals surface area (Å²) in [4.78, 5) is 23.4. The van der Waals surface area contributed by atoms with E-state index in [0.717, 1.165) is 5.56 Å². The molecule has 0 aliphatic carbocycles. The molecule has 98 valence electrons. The normalized spacial score (nSPS) is 10.0. The van der Waals surface area contributed by atoms with Gasteiger partial charge in [-0.15, -0.1) is 11.3 Å². The van der Waals surface area contributed by atoms with Crippen molar-refractivity contribution in [2.45, 2.75) is 6.92 Å². The average Bonchev–Trinajstić information content (AvgIpc) is 2.80. The third kappa shape index (κ3) is 2.82. The highest BCUT2D eigenvalue weighted by atomic mass is 32.1. The van der Waals surface area contributed by atoms with Gasteiger partial charge in [-0.3, -0.25) is 4.79 Å². The summed E-state index contributed by atoms with van der Waals surface area (Å²) in [6, 6.07) is 9.10. The first-order chi connectivity index (χ1) is 9.13. The third-order valence-electron chi connectivity index (χ3n) is 2.46. The van der Waals surface area contributed by atoms with Crippen LogP contribution in [0.4, 0.5) is 0 Å². The van der Waals surface area contributed by atoms with E-state index in [1.165, 1.54) is 18.4 Å². The van der Waals surface area contributed by atoms with Crippen molar-refractivity contribution in [3.8, 4) is 11.5 Å². The van der Waals surface area contributed by atoms with E-state index in [0.29, 0.717) is 11.5 Å². The Morgan fingerprint density at radius 2 is 1.84 bits per heavy atom. The zero-order valence-corrected chi connectivity index (χ0v) is 11.3. The molecule has 0 atom stereocenters. The highest BCUT2D eigenvalue weighted by Gasteiger charge is 2.24. The molecule has 0 fully saturated rings. The molecule has 0 saturated carbocycles. The molecule has 0 aliphatic heterocycles. The Hall–Kier alpha value is -2.14. The van der Waals surface area contributed by atoms with E-state index < -0.39 is 11.8 Å². The number of rotatable bonds is 4. The Balaban J connectivity index is 2.33. The van der Waals surface area contributed by atoms with Gasteiger partial charge >= 0.3 is 5.97 Å². The van der Waals surface area contributed by atoms with Gasteiger partial charge < -0.3 is 9.47 Å². The lowest BCUT2D eigenvalue weighted by Crippen LogP contribution is -2.15. The summed E-state index contributed by atoms with van der Waals surface area (Å²) in [5.74, 6) is -0.555. The van der Waals surface area contributed by atoms with Crippen LogP contribution in [0.1, 0.15) is 15.2 Å². The molecule has 0 amide bonds. The number of carbonyl (C=O) groups is 2. The fourth-order valence-corrected chi connectivity index (χ4v) is 2.41. The summed E-state index contributed by atoms with van der Waals surface area (Å²) >= 11 is 1.17. The number of ether oxygens (including phenoxy) is 2. The largest absolute Gasteiger partial charge is 0.463 e. The van der Waals surface area contributed by atoms with Crippen molar-refractivity contribution in [1.29, 1.82) is 0 Å². The summed E-state index contributed by atoms with van der Waals surface area (Å²) < 4.78 is 10.1. The Morgan fingerprint density at radius 1 is 1.16 bits per heavy atom. The molecule has 0 unspecified atom stereocenters. The smallest absolute Gasteiger partial charge is 0.380 e. The van der Waals surface area contributed by atoms with Gasteiger partial charge in [0.15, 0.2) is 5.75 Å². The number of methoxy groups -OCH3 is 1. The van der Waals surface area contributed by atoms with Crippen LogP contribution in [0.3, 0.4) is 0 Å². The monoisotopic (exact) mass is 276 g/mol. The maximum atomic E-state index is 11.9. The number of para-hydroxylation sites is 1. The molecule has 2 rings (SSSR count). The second kappa shape index (κ2) is 5.67. The predicted molar refractivity (Wildman–Crippen MR) is 71.9 cm³/mol. The Morgan fingerprint density at radius 3 is 2.47 bits per heavy atom. The van der Waals surface area contributed by atoms with Crippen LogP contribution in [-0.2, 0) is 9.53 Å². The molecule has 0 N–H and O–H groups in total. The van der Waals surface area contributed by atoms with E-state index in [9.17, 15) is 9.59 Å². The van der Waals surface area contributed by atoms with Crippen LogP contribution in [0.5, 0.6) is 11.5 Å². The number of carbonyl (C=O) groups excluding carboxylic acids is 2. The van der Waals surface area contributed by atoms with Gasteiger partial charge in [0.1, 0.15) is 10.6 Å². The number of esters is 1. The van der Waals surface area contributed by atoms with Crippen LogP contribution in [0.2, 0.25) is 0 Å². The first-order valence-corrected chi connectivity index (χ1v) is 6.45. The summed E-state index contributed by atoms with van der Waals surface area (Å²) in [5, 5.41) is 1.77. The minimum Gasteiger partial charge on any atom is -0.463 e. The zero-order chi connectivity index (χ0) is 13.8. The van der Waals surface area contributed by atoms with Crippen molar-refractivity contribution < 1.29 is 19.1 Å². The number of hydrogen-bond acceptors (Lipinski definition) is 5. The maximum absolute atomic E-state index is 11.9. The highest BCUT2D eigenvalue weighted by molar-refractivity contribution is 7.13. The molecule has 1 heterocycles. The standard InChI is InChI=1S/C14H12O4S/c1-9-8-19-13(11(15)14(16)17-2)12(9)18-10-6-4-3-5-7-10/h3-8H,1-2H3. The molecular weight excluding hydrogens is 264 g/mol. The summed E-state index contributed by atoms with van der Waals surface area (Å²) in [5.41, 5.74) is 0.807. The second-order valence-corrected chi connectivity index (χ2v) is 4.69. The van der Waals surface area contributed by atoms with Gasteiger partial charge in [0, 0.05) is 5.56 Å². The Kier molecular flexibility index (Phi) is 3.97. The van der Waals surface area contributed by atoms with Crippen molar-refractivity contribution in [3.05, 3.63) is 46.2 Å². The molecular formula is C14H12O4S. The van der Waals surface area contributed by atoms with E-state index in [1.807, 2.05) is 25.1 Å². The number of thiophene rings is 1. The van der Waals surface area contributed by atoms with Gasteiger partial charge in [-0.05, 0) is 24.4 Å². The number of ketones is 1. The number of benzene rings is 1. The van der Waals surface area contributed by atoms with Gasteiger partial charge in [0.2, 0.25) is 0 Å². The molecule has 0 saturated heterocycles. The predicted octanol–water partition coefficient (Wildman–Crippen LogP) is 3.20. The summed E-state index contributed by atoms with van der Waals surface area (Å²) in [6.45, 7) is 1.82. The third-order valence-corrected chi connectivity index (χ3v) is 3.54. The first kappa shape index (κ1) is 13.3. The van der Waals surface area contributed by atoms with Crippen LogP contribution >= 0.6 is 11.3 Å². The summed E-state index contributed by atoms with van der Waals surface area (Å²) in [7, 11) is 1.18. The highest BCUT2D eigenvalue weighted by Crippen LogP contribution is 2.34. The number of hydrogen-bond donors (Lipinski definition) is 0. The van der Waals surface area contributed by atoms with E-state index >= 15 is 0 Å². The average molecular weight is 276 g/mol. The lowest BCUT2D eigenvalue weighted by molar-refractivity contribution is -0.135. The van der Waals surface area contributed by atoms with E-state index in [2.05, 4.69) is 4.74 Å². The molecule has 1 aromatic heterocycles. The van der Waals surface area contributed by atoms with Crippen molar-refractivity contribution in [2.75, 3.05) is 7.11 Å². The van der Waals surface area contributed by atoms with Crippen LogP contribution < -0.4 is 4.74 Å². The van der Waals surface area contributed by atoms with Gasteiger partial charge in [0.25, 0.3) is 5.78 Å². The number of aryl methyl sites for hydroxylation is 1. The molecule has 0 aliphatic rings. The maximum Gasteiger partial charge on any atom is 0.380 e. The quantitative estimate of drug-likeness (QED) is 0.489. The van der Waals surface area contributed by atoms with E-state index in [-0.39, 0.29) is 4.88 Å². The van der Waals surface area contributed by atoms with E-state index in [1.54, 1.807) is 17.5 Å². The van der Waals surface area contributed by atoms with Gasteiger partial charge in [0.05, 0.1) is 7.11 Å². The van der Waals surface area contributed by atoms with Crippen LogP contribution in [0.25, 0.3) is 0 Å². The molecule has 4 nitrogen and oxygen atoms in total. The van der Waals surface area contributed by atoms with Crippen molar-refractivity contribution in [1.82, 2.24) is 0 Å². The van der Waals surface area contributed by atoms with Gasteiger partial charge in [-0.1, -0.05) is 18.2 Å². The van der Waals surface area contributed by atoms with Gasteiger partial charge in [-0.25, -0.2) is 4.79 Å². The molecule has 0 bridgehead atoms. The second-order valence-electron chi connectivity index (χ2n) is 3.81. The van der Waals surface area contributed by atoms with Gasteiger partial charge in [-0.2, -0.15) is 0 Å². The van der Waals surface area contributed by atoms with Crippen LogP contribution in [0.15, 0.2) is 35.7 Å². The molecule has 19 heavy (non-hydrogen) atoms. The van der Waals surface area contributed by atoms with Crippen LogP contribution in [-0.4, -0.2) is 18.9 Å². The molecule has 5 heteroatoms. The van der Waals surface area contributed by atoms with Crippen molar-refractivity contribution in [3.63, 3.8) is 0 Å². The first-order valence-electron chi connectivity index (χ1n) is 5.57. The zero-order valence-electron chi connectivity index (χ0n) is 10.5. The van der Waals surface area contributed by atoms with Crippen molar-refractivity contribution >= 4 is 23.1 Å².